The van der Waals surface area contributed by atoms with Crippen LogP contribution in [0.3, 0.4) is 0 Å². The van der Waals surface area contributed by atoms with Crippen LogP contribution < -0.4 is 4.72 Å². The highest BCUT2D eigenvalue weighted by Crippen LogP contribution is 2.62. The number of nitrogens with one attached hydrogen (secondary N) is 1. The van der Waals surface area contributed by atoms with Gasteiger partial charge in [0.05, 0.1) is 11.5 Å². The van der Waals surface area contributed by atoms with Crippen LogP contribution in [0.4, 0.5) is 0 Å². The molecule has 1 aliphatic heterocycles. The van der Waals surface area contributed by atoms with Gasteiger partial charge in [-0.1, -0.05) is 32.0 Å². The third-order valence-electron chi connectivity index (χ3n) is 7.37. The Balaban J connectivity index is 1.43. The molecule has 28 heavy (non-hydrogen) atoms. The number of rotatable bonds is 7. The molecule has 1 aromatic carbocycles. The van der Waals surface area contributed by atoms with Crippen molar-refractivity contribution in [3.8, 4) is 0 Å². The van der Waals surface area contributed by atoms with E-state index >= 15 is 0 Å². The zero-order valence-corrected chi connectivity index (χ0v) is 17.8. The van der Waals surface area contributed by atoms with Crippen molar-refractivity contribution in [2.45, 2.75) is 69.6 Å². The van der Waals surface area contributed by atoms with E-state index in [4.69, 9.17) is 9.47 Å². The van der Waals surface area contributed by atoms with Crippen LogP contribution in [0.15, 0.2) is 35.2 Å². The summed E-state index contributed by atoms with van der Waals surface area (Å²) in [5.74, 6) is 1.45. The number of hydrogen-bond acceptors (Lipinski definition) is 4. The highest BCUT2D eigenvalue weighted by molar-refractivity contribution is 7.89. The molecule has 5 atom stereocenters. The summed E-state index contributed by atoms with van der Waals surface area (Å²) in [6.07, 6.45) is 6.16. The van der Waals surface area contributed by atoms with E-state index in [2.05, 4.69) is 18.6 Å². The van der Waals surface area contributed by atoms with Crippen molar-refractivity contribution >= 4 is 10.0 Å². The third kappa shape index (κ3) is 4.02. The molecule has 0 radical (unpaired) electrons. The van der Waals surface area contributed by atoms with Crippen molar-refractivity contribution in [2.75, 3.05) is 13.2 Å². The first-order chi connectivity index (χ1) is 13.4. The van der Waals surface area contributed by atoms with Crippen LogP contribution in [-0.4, -0.2) is 34.0 Å². The lowest BCUT2D eigenvalue weighted by Gasteiger charge is -2.62. The Hall–Kier alpha value is -0.950. The Kier molecular flexibility index (Phi) is 5.85. The Morgan fingerprint density at radius 1 is 1.18 bits per heavy atom. The van der Waals surface area contributed by atoms with Crippen molar-refractivity contribution in [2.24, 2.45) is 23.2 Å². The number of benzene rings is 1. The first-order valence-corrected chi connectivity index (χ1v) is 12.2. The van der Waals surface area contributed by atoms with E-state index in [0.717, 1.165) is 38.7 Å². The van der Waals surface area contributed by atoms with E-state index in [-0.39, 0.29) is 12.3 Å². The third-order valence-corrected chi connectivity index (χ3v) is 8.88. The summed E-state index contributed by atoms with van der Waals surface area (Å²) >= 11 is 0. The summed E-state index contributed by atoms with van der Waals surface area (Å²) in [5.41, 5.74) is 0.292. The fourth-order valence-electron chi connectivity index (χ4n) is 5.53. The van der Waals surface area contributed by atoms with Gasteiger partial charge in [-0.3, -0.25) is 0 Å². The van der Waals surface area contributed by atoms with Gasteiger partial charge >= 0.3 is 0 Å². The molecule has 0 amide bonds. The van der Waals surface area contributed by atoms with Crippen molar-refractivity contribution in [3.63, 3.8) is 0 Å². The minimum atomic E-state index is -3.49. The predicted octanol–water partition coefficient (Wildman–Crippen LogP) is 3.95. The summed E-state index contributed by atoms with van der Waals surface area (Å²) in [7, 11) is -3.49. The topological polar surface area (TPSA) is 64.6 Å². The smallest absolute Gasteiger partial charge is 0.240 e. The van der Waals surface area contributed by atoms with E-state index in [0.29, 0.717) is 34.7 Å². The largest absolute Gasteiger partial charge is 0.353 e. The molecule has 5 nitrogen and oxygen atoms in total. The minimum absolute atomic E-state index is 0.0159. The monoisotopic (exact) mass is 407 g/mol. The van der Waals surface area contributed by atoms with Gasteiger partial charge in [-0.15, -0.1) is 0 Å². The molecule has 5 rings (SSSR count). The van der Waals surface area contributed by atoms with Gasteiger partial charge in [0.1, 0.15) is 0 Å². The molecule has 1 heterocycles. The summed E-state index contributed by atoms with van der Waals surface area (Å²) in [6, 6.07) is 8.68. The molecule has 1 unspecified atom stereocenters. The van der Waals surface area contributed by atoms with E-state index in [1.807, 2.05) is 6.07 Å². The fourth-order valence-corrected chi connectivity index (χ4v) is 6.85. The highest BCUT2D eigenvalue weighted by Gasteiger charge is 2.57. The number of sulfonamides is 1. The van der Waals surface area contributed by atoms with Crippen LogP contribution in [0.25, 0.3) is 0 Å². The number of hydrogen-bond donors (Lipinski definition) is 1. The fraction of sp³-hybridized carbons (Fsp3) is 0.727. The summed E-state index contributed by atoms with van der Waals surface area (Å²) in [6.45, 7) is 6.10. The molecular weight excluding hydrogens is 374 g/mol. The van der Waals surface area contributed by atoms with Crippen LogP contribution in [0.2, 0.25) is 0 Å². The zero-order chi connectivity index (χ0) is 19.8. The first kappa shape index (κ1) is 20.3. The van der Waals surface area contributed by atoms with Gasteiger partial charge in [0.25, 0.3) is 0 Å². The maximum Gasteiger partial charge on any atom is 0.240 e. The first-order valence-electron chi connectivity index (χ1n) is 10.7. The molecular formula is C22H33NO4S. The summed E-state index contributed by atoms with van der Waals surface area (Å²) in [5, 5.41) is 0. The molecule has 1 N–H and O–H groups in total. The van der Waals surface area contributed by atoms with Gasteiger partial charge in [-0.2, -0.15) is 0 Å². The lowest BCUT2D eigenvalue weighted by atomic mass is 9.44. The van der Waals surface area contributed by atoms with Crippen molar-refractivity contribution in [3.05, 3.63) is 30.3 Å². The van der Waals surface area contributed by atoms with Gasteiger partial charge in [-0.05, 0) is 73.8 Å². The van der Waals surface area contributed by atoms with Gasteiger partial charge < -0.3 is 9.47 Å². The van der Waals surface area contributed by atoms with Gasteiger partial charge in [0.2, 0.25) is 10.0 Å². The number of fused-ring (bicyclic) bond motifs is 2. The normalized spacial score (nSPS) is 34.6. The molecule has 4 aliphatic rings. The lowest BCUT2D eigenvalue weighted by molar-refractivity contribution is -0.173. The molecule has 1 saturated heterocycles. The molecule has 0 aromatic heterocycles. The zero-order valence-electron chi connectivity index (χ0n) is 17.0. The quantitative estimate of drug-likeness (QED) is 0.743. The van der Waals surface area contributed by atoms with Gasteiger partial charge in [0.15, 0.2) is 6.29 Å². The Morgan fingerprint density at radius 3 is 2.64 bits per heavy atom. The van der Waals surface area contributed by atoms with Crippen molar-refractivity contribution in [1.29, 1.82) is 0 Å². The van der Waals surface area contributed by atoms with Crippen LogP contribution in [0.5, 0.6) is 0 Å². The van der Waals surface area contributed by atoms with E-state index in [1.54, 1.807) is 24.3 Å². The Labute approximate surface area is 169 Å². The summed E-state index contributed by atoms with van der Waals surface area (Å²) in [4.78, 5) is 0.346. The second-order valence-corrected chi connectivity index (χ2v) is 11.0. The predicted molar refractivity (Wildman–Crippen MR) is 108 cm³/mol. The van der Waals surface area contributed by atoms with E-state index in [1.165, 1.54) is 6.42 Å². The van der Waals surface area contributed by atoms with Crippen LogP contribution in [0.1, 0.15) is 52.4 Å². The standard InChI is InChI=1S/C22H33NO4S/c1-22(2)16-14-19(22)18(11-13-27-21-10-6-7-12-26-21)20(15-16)23-28(24,25)17-8-4-3-5-9-17/h3-5,8-9,16,18-21,23H,6-7,10-15H2,1-2H3/t16-,18-,19+,20+,21?/m1/s1. The average Bonchev–Trinajstić information content (AvgIpc) is 2.70. The maximum atomic E-state index is 12.9. The summed E-state index contributed by atoms with van der Waals surface area (Å²) < 4.78 is 40.5. The Morgan fingerprint density at radius 2 is 1.96 bits per heavy atom. The van der Waals surface area contributed by atoms with Crippen LogP contribution >= 0.6 is 0 Å². The van der Waals surface area contributed by atoms with Crippen molar-refractivity contribution in [1.82, 2.24) is 4.72 Å². The van der Waals surface area contributed by atoms with Crippen molar-refractivity contribution < 1.29 is 17.9 Å². The van der Waals surface area contributed by atoms with Crippen LogP contribution in [0, 0.1) is 23.2 Å². The minimum Gasteiger partial charge on any atom is -0.353 e. The molecule has 3 saturated carbocycles. The second-order valence-electron chi connectivity index (χ2n) is 9.26. The molecule has 6 heteroatoms. The molecule has 1 aromatic rings. The molecule has 3 aliphatic carbocycles. The van der Waals surface area contributed by atoms with Crippen LogP contribution in [-0.2, 0) is 19.5 Å². The molecule has 2 bridgehead atoms. The Bertz CT molecular complexity index is 758. The highest BCUT2D eigenvalue weighted by atomic mass is 32.2. The molecule has 4 fully saturated rings. The lowest BCUT2D eigenvalue weighted by Crippen LogP contribution is -2.61. The molecule has 0 spiro atoms. The molecule has 156 valence electrons. The van der Waals surface area contributed by atoms with E-state index in [9.17, 15) is 8.42 Å². The average molecular weight is 408 g/mol. The van der Waals surface area contributed by atoms with Gasteiger partial charge in [0, 0.05) is 12.6 Å². The second kappa shape index (κ2) is 8.05. The van der Waals surface area contributed by atoms with Gasteiger partial charge in [-0.25, -0.2) is 13.1 Å². The number of ether oxygens (including phenoxy) is 2. The van der Waals surface area contributed by atoms with E-state index < -0.39 is 10.0 Å². The SMILES string of the molecule is CC1(C)[C@H]2C[C@H](NS(=O)(=O)c3ccccc3)[C@H](CCOC3CCCCO3)[C@@H]1C2. The maximum absolute atomic E-state index is 12.9.